The first-order chi connectivity index (χ1) is 7.16. The van der Waals surface area contributed by atoms with E-state index in [2.05, 4.69) is 10.2 Å². The third-order valence-electron chi connectivity index (χ3n) is 2.34. The Balaban J connectivity index is 2.03. The number of likely N-dealkylation sites (N-methyl/N-ethyl adjacent to an activating group) is 1. The van der Waals surface area contributed by atoms with Crippen LogP contribution in [-0.2, 0) is 6.54 Å². The van der Waals surface area contributed by atoms with E-state index in [1.165, 1.54) is 0 Å². The lowest BCUT2D eigenvalue weighted by Crippen LogP contribution is -2.29. The normalized spacial score (nSPS) is 16.3. The first-order valence-electron chi connectivity index (χ1n) is 4.65. The second-order valence-electron chi connectivity index (χ2n) is 3.47. The zero-order chi connectivity index (χ0) is 10.8. The van der Waals surface area contributed by atoms with Crippen molar-refractivity contribution < 1.29 is 4.79 Å². The van der Waals surface area contributed by atoms with Gasteiger partial charge in [-0.1, -0.05) is 11.6 Å². The Morgan fingerprint density at radius 3 is 2.73 bits per heavy atom. The highest BCUT2D eigenvalue weighted by molar-refractivity contribution is 6.29. The number of hydrogen-bond acceptors (Lipinski definition) is 3. The smallest absolute Gasteiger partial charge is 0.320 e. The summed E-state index contributed by atoms with van der Waals surface area (Å²) in [5.41, 5.74) is 0.753. The summed E-state index contributed by atoms with van der Waals surface area (Å²) in [5.74, 6) is 0. The van der Waals surface area contributed by atoms with Crippen LogP contribution in [0.25, 0.3) is 0 Å². The molecule has 0 radical (unpaired) electrons. The largest absolute Gasteiger partial charge is 0.326 e. The molecule has 0 spiro atoms. The van der Waals surface area contributed by atoms with Gasteiger partial charge in [0.1, 0.15) is 0 Å². The number of halogens is 1. The number of aromatic nitrogens is 2. The number of hydrogen-bond donors (Lipinski definition) is 0. The Morgan fingerprint density at radius 1 is 1.40 bits per heavy atom. The molecule has 1 aliphatic rings. The topological polar surface area (TPSA) is 49.3 Å². The molecule has 1 aliphatic heterocycles. The fourth-order valence-corrected chi connectivity index (χ4v) is 1.57. The van der Waals surface area contributed by atoms with Crippen LogP contribution in [0.4, 0.5) is 4.79 Å². The lowest BCUT2D eigenvalue weighted by atomic mass is 10.3. The molecule has 2 heterocycles. The fraction of sp³-hybridized carbons (Fsp3) is 0.444. The highest BCUT2D eigenvalue weighted by Crippen LogP contribution is 2.10. The van der Waals surface area contributed by atoms with Gasteiger partial charge in [0.05, 0.1) is 12.2 Å². The molecular weight excluding hydrogens is 216 g/mol. The molecule has 0 unspecified atom stereocenters. The van der Waals surface area contributed by atoms with Crippen LogP contribution in [0.3, 0.4) is 0 Å². The van der Waals surface area contributed by atoms with E-state index in [0.29, 0.717) is 11.7 Å². The predicted molar refractivity (Wildman–Crippen MR) is 55.5 cm³/mol. The lowest BCUT2D eigenvalue weighted by molar-refractivity contribution is 0.196. The van der Waals surface area contributed by atoms with Gasteiger partial charge in [-0.15, -0.1) is 5.10 Å². The Morgan fingerprint density at radius 2 is 2.20 bits per heavy atom. The van der Waals surface area contributed by atoms with Crippen molar-refractivity contribution in [3.05, 3.63) is 23.0 Å². The van der Waals surface area contributed by atoms with Gasteiger partial charge >= 0.3 is 6.03 Å². The van der Waals surface area contributed by atoms with Crippen molar-refractivity contribution >= 4 is 17.6 Å². The second kappa shape index (κ2) is 4.02. The van der Waals surface area contributed by atoms with Gasteiger partial charge in [0.25, 0.3) is 0 Å². The lowest BCUT2D eigenvalue weighted by Gasteiger charge is -2.14. The minimum absolute atomic E-state index is 0.0340. The summed E-state index contributed by atoms with van der Waals surface area (Å²) in [4.78, 5) is 15.0. The fourth-order valence-electron chi connectivity index (χ4n) is 1.47. The van der Waals surface area contributed by atoms with Gasteiger partial charge in [0, 0.05) is 20.1 Å². The Labute approximate surface area is 92.6 Å². The van der Waals surface area contributed by atoms with E-state index >= 15 is 0 Å². The molecule has 0 atom stereocenters. The molecule has 1 aromatic heterocycles. The molecule has 6 heteroatoms. The van der Waals surface area contributed by atoms with Crippen LogP contribution in [0.2, 0.25) is 5.15 Å². The van der Waals surface area contributed by atoms with E-state index in [9.17, 15) is 4.79 Å². The summed E-state index contributed by atoms with van der Waals surface area (Å²) in [6.45, 7) is 1.99. The van der Waals surface area contributed by atoms with Crippen LogP contribution < -0.4 is 0 Å². The van der Waals surface area contributed by atoms with Crippen molar-refractivity contribution in [1.82, 2.24) is 20.0 Å². The highest BCUT2D eigenvalue weighted by Gasteiger charge is 2.25. The minimum Gasteiger partial charge on any atom is -0.326 e. The van der Waals surface area contributed by atoms with Crippen LogP contribution in [0.15, 0.2) is 12.1 Å². The van der Waals surface area contributed by atoms with E-state index in [0.717, 1.165) is 18.8 Å². The van der Waals surface area contributed by atoms with Gasteiger partial charge in [-0.2, -0.15) is 5.10 Å². The maximum absolute atomic E-state index is 11.6. The molecule has 80 valence electrons. The molecule has 1 aromatic rings. The van der Waals surface area contributed by atoms with Crippen molar-refractivity contribution in [2.45, 2.75) is 6.54 Å². The average molecular weight is 227 g/mol. The molecule has 1 saturated heterocycles. The number of carbonyl (C=O) groups excluding carboxylic acids is 1. The molecule has 1 fully saturated rings. The number of rotatable bonds is 2. The van der Waals surface area contributed by atoms with E-state index in [1.54, 1.807) is 29.0 Å². The Bertz CT molecular complexity index is 367. The first-order valence-corrected chi connectivity index (χ1v) is 5.03. The molecule has 0 saturated carbocycles. The van der Waals surface area contributed by atoms with Crippen LogP contribution in [0.1, 0.15) is 5.69 Å². The number of amides is 2. The van der Waals surface area contributed by atoms with Gasteiger partial charge in [-0.25, -0.2) is 4.79 Å². The Hall–Kier alpha value is -1.36. The second-order valence-corrected chi connectivity index (χ2v) is 3.86. The molecule has 5 nitrogen and oxygen atoms in total. The molecule has 2 amide bonds. The maximum Gasteiger partial charge on any atom is 0.320 e. The van der Waals surface area contributed by atoms with Gasteiger partial charge in [0.15, 0.2) is 5.15 Å². The quantitative estimate of drug-likeness (QED) is 0.756. The van der Waals surface area contributed by atoms with Gasteiger partial charge < -0.3 is 9.80 Å². The third kappa shape index (κ3) is 2.18. The van der Waals surface area contributed by atoms with Crippen molar-refractivity contribution in [2.24, 2.45) is 0 Å². The van der Waals surface area contributed by atoms with E-state index in [-0.39, 0.29) is 6.03 Å². The average Bonchev–Trinajstić information content (AvgIpc) is 2.53. The predicted octanol–water partition coefficient (Wildman–Crippen LogP) is 0.997. The zero-order valence-corrected chi connectivity index (χ0v) is 9.11. The van der Waals surface area contributed by atoms with Crippen LogP contribution >= 0.6 is 11.6 Å². The summed E-state index contributed by atoms with van der Waals surface area (Å²) in [6, 6.07) is 3.49. The summed E-state index contributed by atoms with van der Waals surface area (Å²) >= 11 is 5.62. The van der Waals surface area contributed by atoms with Crippen molar-refractivity contribution in [3.63, 3.8) is 0 Å². The monoisotopic (exact) mass is 226 g/mol. The number of urea groups is 1. The standard InChI is InChI=1S/C9H11ClN4O/c1-13-4-5-14(9(13)15)6-7-2-3-8(10)12-11-7/h2-3H,4-6H2,1H3. The van der Waals surface area contributed by atoms with Gasteiger partial charge in [-0.3, -0.25) is 0 Å². The van der Waals surface area contributed by atoms with Crippen molar-refractivity contribution in [3.8, 4) is 0 Å². The Kier molecular flexibility index (Phi) is 2.73. The molecule has 2 rings (SSSR count). The van der Waals surface area contributed by atoms with E-state index in [4.69, 9.17) is 11.6 Å². The summed E-state index contributed by atoms with van der Waals surface area (Å²) in [6.07, 6.45) is 0. The third-order valence-corrected chi connectivity index (χ3v) is 2.54. The summed E-state index contributed by atoms with van der Waals surface area (Å²) < 4.78 is 0. The first kappa shape index (κ1) is 10.2. The summed E-state index contributed by atoms with van der Waals surface area (Å²) in [5, 5.41) is 8.00. The van der Waals surface area contributed by atoms with Crippen LogP contribution in [0.5, 0.6) is 0 Å². The van der Waals surface area contributed by atoms with E-state index in [1.807, 2.05) is 0 Å². The molecule has 0 aliphatic carbocycles. The molecule has 0 N–H and O–H groups in total. The maximum atomic E-state index is 11.6. The van der Waals surface area contributed by atoms with Crippen molar-refractivity contribution in [1.29, 1.82) is 0 Å². The van der Waals surface area contributed by atoms with Crippen LogP contribution in [0, 0.1) is 0 Å². The van der Waals surface area contributed by atoms with Gasteiger partial charge in [0.2, 0.25) is 0 Å². The van der Waals surface area contributed by atoms with Gasteiger partial charge in [-0.05, 0) is 12.1 Å². The minimum atomic E-state index is 0.0340. The molecule has 0 aromatic carbocycles. The SMILES string of the molecule is CN1CCN(Cc2ccc(Cl)nn2)C1=O. The number of nitrogens with zero attached hydrogens (tertiary/aromatic N) is 4. The molecule has 0 bridgehead atoms. The molecular formula is C9H11ClN4O. The van der Waals surface area contributed by atoms with E-state index < -0.39 is 0 Å². The molecule has 15 heavy (non-hydrogen) atoms. The van der Waals surface area contributed by atoms with Crippen LogP contribution in [-0.4, -0.2) is 46.2 Å². The zero-order valence-electron chi connectivity index (χ0n) is 8.35. The van der Waals surface area contributed by atoms with Crippen molar-refractivity contribution in [2.75, 3.05) is 20.1 Å². The highest BCUT2D eigenvalue weighted by atomic mass is 35.5. The summed E-state index contributed by atoms with van der Waals surface area (Å²) in [7, 11) is 1.79. The number of carbonyl (C=O) groups is 1.